The first-order valence-electron chi connectivity index (χ1n) is 8.50. The van der Waals surface area contributed by atoms with E-state index in [0.29, 0.717) is 11.8 Å². The van der Waals surface area contributed by atoms with Crippen molar-refractivity contribution in [2.45, 2.75) is 13.3 Å². The number of nitrogens with zero attached hydrogens (tertiary/aromatic N) is 2. The number of pyridine rings is 2. The Hall–Kier alpha value is -2.74. The van der Waals surface area contributed by atoms with Crippen LogP contribution in [0.5, 0.6) is 0 Å². The number of hydrogen-bond acceptors (Lipinski definition) is 2. The van der Waals surface area contributed by atoms with E-state index >= 15 is 0 Å². The Morgan fingerprint density at radius 3 is 2.96 bits per heavy atom. The summed E-state index contributed by atoms with van der Waals surface area (Å²) >= 11 is 0. The second-order valence-electron chi connectivity index (χ2n) is 6.83. The summed E-state index contributed by atoms with van der Waals surface area (Å²) in [5, 5.41) is 1.09. The Labute approximate surface area is 141 Å². The maximum atomic E-state index is 4.90. The highest BCUT2D eigenvalue weighted by atomic mass is 14.7. The Morgan fingerprint density at radius 1 is 1.08 bits per heavy atom. The third-order valence-electron chi connectivity index (χ3n) is 5.11. The van der Waals surface area contributed by atoms with Crippen LogP contribution in [0.25, 0.3) is 22.0 Å². The van der Waals surface area contributed by atoms with Gasteiger partial charge in [0.05, 0.1) is 11.2 Å². The summed E-state index contributed by atoms with van der Waals surface area (Å²) in [5.74, 6) is 1.37. The molecule has 1 saturated carbocycles. The second kappa shape index (κ2) is 5.13. The van der Waals surface area contributed by atoms with Crippen LogP contribution >= 0.6 is 0 Å². The van der Waals surface area contributed by atoms with Crippen molar-refractivity contribution in [3.05, 3.63) is 83.8 Å². The molecule has 2 aliphatic carbocycles. The van der Waals surface area contributed by atoms with E-state index in [9.17, 15) is 0 Å². The summed E-state index contributed by atoms with van der Waals surface area (Å²) in [5.41, 5.74) is 7.46. The molecule has 2 heterocycles. The molecule has 0 saturated heterocycles. The zero-order chi connectivity index (χ0) is 16.1. The van der Waals surface area contributed by atoms with Gasteiger partial charge < -0.3 is 0 Å². The van der Waals surface area contributed by atoms with Gasteiger partial charge in [-0.2, -0.15) is 0 Å². The summed E-state index contributed by atoms with van der Waals surface area (Å²) in [6, 6.07) is 15.1. The van der Waals surface area contributed by atoms with Crippen molar-refractivity contribution >= 4 is 22.0 Å². The number of hydrogen-bond donors (Lipinski definition) is 0. The van der Waals surface area contributed by atoms with E-state index in [1.54, 1.807) is 0 Å². The van der Waals surface area contributed by atoms with Crippen molar-refractivity contribution in [2.24, 2.45) is 11.8 Å². The molecule has 0 radical (unpaired) electrons. The summed E-state index contributed by atoms with van der Waals surface area (Å²) < 4.78 is 0. The van der Waals surface area contributed by atoms with Gasteiger partial charge in [0.1, 0.15) is 0 Å². The number of allylic oxidation sites excluding steroid dienone is 4. The van der Waals surface area contributed by atoms with E-state index in [0.717, 1.165) is 16.6 Å². The van der Waals surface area contributed by atoms with E-state index in [1.807, 2.05) is 18.5 Å². The molecule has 0 spiro atoms. The van der Waals surface area contributed by atoms with Crippen LogP contribution < -0.4 is 0 Å². The Bertz CT molecular complexity index is 1010. The maximum Gasteiger partial charge on any atom is 0.0740 e. The highest BCUT2D eigenvalue weighted by molar-refractivity contribution is 5.99. The van der Waals surface area contributed by atoms with Gasteiger partial charge in [0.15, 0.2) is 0 Å². The van der Waals surface area contributed by atoms with Crippen LogP contribution in [0, 0.1) is 18.8 Å². The molecule has 3 aromatic rings. The minimum absolute atomic E-state index is 0.654. The van der Waals surface area contributed by atoms with E-state index in [1.165, 1.54) is 28.7 Å². The number of fused-ring (bicyclic) bond motifs is 2. The van der Waals surface area contributed by atoms with Gasteiger partial charge in [0, 0.05) is 23.4 Å². The van der Waals surface area contributed by atoms with Crippen LogP contribution in [0.3, 0.4) is 0 Å². The Morgan fingerprint density at radius 2 is 2.04 bits per heavy atom. The molecule has 0 N–H and O–H groups in total. The standard InChI is InChI=1S/C22H18N2/c1-14-3-2-4-16(11-14)22-18(7-5-15-12-19(15)22)21-8-6-17-13-23-10-9-20(17)24-21/h2-11,13,15,19H,12H2,1H3. The molecule has 116 valence electrons. The first-order chi connectivity index (χ1) is 11.8. The molecule has 1 fully saturated rings. The minimum atomic E-state index is 0.654. The molecule has 2 nitrogen and oxygen atoms in total. The monoisotopic (exact) mass is 310 g/mol. The van der Waals surface area contributed by atoms with Crippen molar-refractivity contribution in [3.8, 4) is 0 Å². The highest BCUT2D eigenvalue weighted by Crippen LogP contribution is 2.54. The fourth-order valence-electron chi connectivity index (χ4n) is 3.79. The van der Waals surface area contributed by atoms with E-state index in [-0.39, 0.29) is 0 Å². The maximum absolute atomic E-state index is 4.90. The summed E-state index contributed by atoms with van der Waals surface area (Å²) in [6.07, 6.45) is 9.58. The lowest BCUT2D eigenvalue weighted by atomic mass is 9.88. The van der Waals surface area contributed by atoms with E-state index < -0.39 is 0 Å². The molecule has 2 unspecified atom stereocenters. The topological polar surface area (TPSA) is 25.8 Å². The normalized spacial score (nSPS) is 21.9. The number of benzene rings is 1. The number of aryl methyl sites for hydroxylation is 1. The average molecular weight is 310 g/mol. The quantitative estimate of drug-likeness (QED) is 0.661. The lowest BCUT2D eigenvalue weighted by Crippen LogP contribution is -2.00. The zero-order valence-electron chi connectivity index (χ0n) is 13.6. The Balaban J connectivity index is 1.72. The minimum Gasteiger partial charge on any atom is -0.264 e. The van der Waals surface area contributed by atoms with Gasteiger partial charge in [0.25, 0.3) is 0 Å². The third kappa shape index (κ3) is 2.18. The average Bonchev–Trinajstić information content (AvgIpc) is 3.40. The van der Waals surface area contributed by atoms with Crippen LogP contribution in [-0.4, -0.2) is 9.97 Å². The van der Waals surface area contributed by atoms with Crippen molar-refractivity contribution in [1.29, 1.82) is 0 Å². The van der Waals surface area contributed by atoms with Gasteiger partial charge in [-0.05, 0) is 54.5 Å². The van der Waals surface area contributed by atoms with Crippen LogP contribution in [0.2, 0.25) is 0 Å². The molecular formula is C22H18N2. The predicted molar refractivity (Wildman–Crippen MR) is 98.3 cm³/mol. The van der Waals surface area contributed by atoms with Gasteiger partial charge in [-0.25, -0.2) is 4.98 Å². The first-order valence-corrected chi connectivity index (χ1v) is 8.50. The van der Waals surface area contributed by atoms with Crippen LogP contribution in [-0.2, 0) is 0 Å². The predicted octanol–water partition coefficient (Wildman–Crippen LogP) is 5.05. The summed E-state index contributed by atoms with van der Waals surface area (Å²) in [4.78, 5) is 9.08. The zero-order valence-corrected chi connectivity index (χ0v) is 13.6. The van der Waals surface area contributed by atoms with Gasteiger partial charge in [-0.3, -0.25) is 4.98 Å². The molecule has 0 bridgehead atoms. The largest absolute Gasteiger partial charge is 0.264 e. The van der Waals surface area contributed by atoms with Crippen molar-refractivity contribution < 1.29 is 0 Å². The third-order valence-corrected chi connectivity index (χ3v) is 5.11. The summed E-state index contributed by atoms with van der Waals surface area (Å²) in [6.45, 7) is 2.16. The van der Waals surface area contributed by atoms with Crippen LogP contribution in [0.1, 0.15) is 23.2 Å². The molecular weight excluding hydrogens is 292 g/mol. The molecule has 2 aromatic heterocycles. The van der Waals surface area contributed by atoms with E-state index in [2.05, 4.69) is 60.5 Å². The molecule has 0 aliphatic heterocycles. The highest BCUT2D eigenvalue weighted by Gasteiger charge is 2.42. The number of rotatable bonds is 2. The fourth-order valence-corrected chi connectivity index (χ4v) is 3.79. The first kappa shape index (κ1) is 13.7. The van der Waals surface area contributed by atoms with Crippen molar-refractivity contribution in [1.82, 2.24) is 9.97 Å². The lowest BCUT2D eigenvalue weighted by Gasteiger charge is -2.17. The van der Waals surface area contributed by atoms with Crippen molar-refractivity contribution in [3.63, 3.8) is 0 Å². The van der Waals surface area contributed by atoms with Crippen LogP contribution in [0.15, 0.2) is 67.0 Å². The molecule has 2 heteroatoms. The van der Waals surface area contributed by atoms with Gasteiger partial charge >= 0.3 is 0 Å². The van der Waals surface area contributed by atoms with Crippen molar-refractivity contribution in [2.75, 3.05) is 0 Å². The second-order valence-corrected chi connectivity index (χ2v) is 6.83. The molecule has 2 atom stereocenters. The Kier molecular flexibility index (Phi) is 2.93. The fraction of sp³-hybridized carbons (Fsp3) is 0.182. The lowest BCUT2D eigenvalue weighted by molar-refractivity contribution is 1.000. The summed E-state index contributed by atoms with van der Waals surface area (Å²) in [7, 11) is 0. The molecule has 1 aromatic carbocycles. The molecule has 5 rings (SSSR count). The van der Waals surface area contributed by atoms with Gasteiger partial charge in [-0.15, -0.1) is 0 Å². The van der Waals surface area contributed by atoms with Crippen LogP contribution in [0.4, 0.5) is 0 Å². The molecule has 24 heavy (non-hydrogen) atoms. The van der Waals surface area contributed by atoms with Gasteiger partial charge in [0.2, 0.25) is 0 Å². The molecule has 2 aliphatic rings. The smallest absolute Gasteiger partial charge is 0.0740 e. The van der Waals surface area contributed by atoms with E-state index in [4.69, 9.17) is 4.98 Å². The number of aromatic nitrogens is 2. The SMILES string of the molecule is Cc1cccc(C2=C(c3ccc4cnccc4n3)C=CC3CC23)c1. The van der Waals surface area contributed by atoms with Gasteiger partial charge in [-0.1, -0.05) is 42.0 Å². The molecule has 0 amide bonds.